The van der Waals surface area contributed by atoms with Crippen LogP contribution >= 0.6 is 0 Å². The Bertz CT molecular complexity index is 1270. The lowest BCUT2D eigenvalue weighted by Gasteiger charge is -2.28. The number of aliphatic hydroxyl groups excluding tert-OH is 1. The first-order valence-corrected chi connectivity index (χ1v) is 11.4. The SMILES string of the molecule is COc1ccc(/C=C/C(=O)Nc2cc(N(C=O)OC(C)(C)C)c3ccccc3c2CCO)c(OC)n1. The number of nitrogens with one attached hydrogen (secondary N) is 1. The van der Waals surface area contributed by atoms with Gasteiger partial charge in [-0.1, -0.05) is 24.3 Å². The molecule has 0 radical (unpaired) electrons. The number of hydrogen-bond donors (Lipinski definition) is 2. The third-order valence-corrected chi connectivity index (χ3v) is 5.14. The smallest absolute Gasteiger partial charge is 0.248 e. The fourth-order valence-corrected chi connectivity index (χ4v) is 3.69. The van der Waals surface area contributed by atoms with E-state index < -0.39 is 11.5 Å². The molecule has 0 atom stereocenters. The second kappa shape index (κ2) is 11.7. The maximum Gasteiger partial charge on any atom is 0.248 e. The Morgan fingerprint density at radius 1 is 1.11 bits per heavy atom. The predicted octanol–water partition coefficient (Wildman–Crippen LogP) is 4.13. The highest BCUT2D eigenvalue weighted by atomic mass is 16.7. The Hall–Kier alpha value is -3.95. The third-order valence-electron chi connectivity index (χ3n) is 5.14. The number of fused-ring (bicyclic) bond motifs is 1. The first kappa shape index (κ1) is 26.7. The summed E-state index contributed by atoms with van der Waals surface area (Å²) in [6.45, 7) is 5.39. The second-order valence-electron chi connectivity index (χ2n) is 8.85. The molecule has 0 saturated heterocycles. The number of hydrogen-bond acceptors (Lipinski definition) is 7. The highest BCUT2D eigenvalue weighted by Crippen LogP contribution is 2.36. The van der Waals surface area contributed by atoms with Gasteiger partial charge in [0.1, 0.15) is 0 Å². The summed E-state index contributed by atoms with van der Waals surface area (Å²) in [5, 5.41) is 15.3. The van der Waals surface area contributed by atoms with E-state index in [0.717, 1.165) is 21.4 Å². The van der Waals surface area contributed by atoms with Gasteiger partial charge in [0.05, 0.1) is 25.5 Å². The van der Waals surface area contributed by atoms with E-state index in [1.165, 1.54) is 20.3 Å². The summed E-state index contributed by atoms with van der Waals surface area (Å²) in [6.07, 6.45) is 3.83. The molecule has 1 heterocycles. The number of aromatic nitrogens is 1. The van der Waals surface area contributed by atoms with Crippen LogP contribution in [0.3, 0.4) is 0 Å². The van der Waals surface area contributed by atoms with Crippen molar-refractivity contribution in [3.8, 4) is 11.8 Å². The molecule has 0 bridgehead atoms. The second-order valence-corrected chi connectivity index (χ2v) is 8.85. The quantitative estimate of drug-likeness (QED) is 0.248. The van der Waals surface area contributed by atoms with Crippen LogP contribution in [0.5, 0.6) is 11.8 Å². The Morgan fingerprint density at radius 2 is 1.83 bits per heavy atom. The van der Waals surface area contributed by atoms with Crippen LogP contribution in [0.1, 0.15) is 31.9 Å². The van der Waals surface area contributed by atoms with Crippen LogP contribution in [0.2, 0.25) is 0 Å². The standard InChI is InChI=1S/C27H31N3O6/c1-27(2,3)36-30(17-32)23-16-22(20(14-15-31)19-8-6-7-9-21(19)23)28-24(33)12-10-18-11-13-25(34-4)29-26(18)35-5/h6-13,16-17,31H,14-15H2,1-5H3,(H,28,33)/b12-10+. The van der Waals surface area contributed by atoms with Gasteiger partial charge in [-0.3, -0.25) is 14.4 Å². The molecule has 0 fully saturated rings. The highest BCUT2D eigenvalue weighted by Gasteiger charge is 2.22. The van der Waals surface area contributed by atoms with Crippen molar-refractivity contribution in [2.45, 2.75) is 32.8 Å². The Balaban J connectivity index is 2.02. The molecule has 3 rings (SSSR count). The molecule has 36 heavy (non-hydrogen) atoms. The van der Waals surface area contributed by atoms with Gasteiger partial charge in [0.25, 0.3) is 0 Å². The number of methoxy groups -OCH3 is 2. The summed E-state index contributed by atoms with van der Waals surface area (Å²) in [6, 6.07) is 12.5. The Morgan fingerprint density at radius 3 is 2.44 bits per heavy atom. The fraction of sp³-hybridized carbons (Fsp3) is 0.296. The predicted molar refractivity (Wildman–Crippen MR) is 139 cm³/mol. The zero-order valence-corrected chi connectivity index (χ0v) is 21.1. The van der Waals surface area contributed by atoms with E-state index in [9.17, 15) is 14.7 Å². The van der Waals surface area contributed by atoms with Crippen molar-refractivity contribution in [3.05, 3.63) is 59.7 Å². The van der Waals surface area contributed by atoms with Crippen molar-refractivity contribution in [3.63, 3.8) is 0 Å². The van der Waals surface area contributed by atoms with Gasteiger partial charge in [0, 0.05) is 35.4 Å². The van der Waals surface area contributed by atoms with Crippen LogP contribution in [0, 0.1) is 0 Å². The maximum absolute atomic E-state index is 12.9. The number of nitrogens with zero attached hydrogens (tertiary/aromatic N) is 2. The minimum atomic E-state index is -0.636. The summed E-state index contributed by atoms with van der Waals surface area (Å²) in [7, 11) is 2.99. The van der Waals surface area contributed by atoms with Crippen molar-refractivity contribution >= 4 is 40.5 Å². The van der Waals surface area contributed by atoms with E-state index in [2.05, 4.69) is 10.3 Å². The van der Waals surface area contributed by atoms with Gasteiger partial charge >= 0.3 is 0 Å². The zero-order valence-electron chi connectivity index (χ0n) is 21.1. The average molecular weight is 494 g/mol. The summed E-state index contributed by atoms with van der Waals surface area (Å²) in [4.78, 5) is 34.9. The van der Waals surface area contributed by atoms with Crippen LogP contribution in [0.25, 0.3) is 16.8 Å². The molecule has 9 nitrogen and oxygen atoms in total. The van der Waals surface area contributed by atoms with Crippen molar-refractivity contribution < 1.29 is 29.0 Å². The molecule has 190 valence electrons. The number of rotatable bonds is 10. The monoisotopic (exact) mass is 493 g/mol. The lowest BCUT2D eigenvalue weighted by Crippen LogP contribution is -2.33. The zero-order chi connectivity index (χ0) is 26.3. The topological polar surface area (TPSA) is 110 Å². The van der Waals surface area contributed by atoms with Gasteiger partial charge in [-0.15, -0.1) is 0 Å². The van der Waals surface area contributed by atoms with Crippen LogP contribution in [0.15, 0.2) is 48.5 Å². The van der Waals surface area contributed by atoms with Crippen molar-refractivity contribution in [1.82, 2.24) is 4.98 Å². The number of benzene rings is 2. The molecule has 0 spiro atoms. The van der Waals surface area contributed by atoms with E-state index in [1.54, 1.807) is 24.3 Å². The lowest BCUT2D eigenvalue weighted by molar-refractivity contribution is -0.120. The molecule has 2 amide bonds. The first-order valence-electron chi connectivity index (χ1n) is 11.4. The third kappa shape index (κ3) is 6.38. The lowest BCUT2D eigenvalue weighted by atomic mass is 9.98. The molecule has 1 aromatic heterocycles. The molecule has 9 heteroatoms. The minimum absolute atomic E-state index is 0.118. The fourth-order valence-electron chi connectivity index (χ4n) is 3.69. The van der Waals surface area contributed by atoms with Crippen LogP contribution in [-0.2, 0) is 20.8 Å². The number of carbonyl (C=O) groups excluding carboxylic acids is 2. The van der Waals surface area contributed by atoms with Gasteiger partial charge in [-0.05, 0) is 56.4 Å². The number of carbonyl (C=O) groups is 2. The number of ether oxygens (including phenoxy) is 2. The van der Waals surface area contributed by atoms with Crippen LogP contribution in [0.4, 0.5) is 11.4 Å². The largest absolute Gasteiger partial charge is 0.481 e. The number of aliphatic hydroxyl groups is 1. The molecule has 0 aliphatic carbocycles. The van der Waals surface area contributed by atoms with Gasteiger partial charge in [0.2, 0.25) is 24.1 Å². The molecule has 0 unspecified atom stereocenters. The molecule has 0 aliphatic rings. The Labute approximate surface area is 210 Å². The van der Waals surface area contributed by atoms with E-state index in [4.69, 9.17) is 14.3 Å². The van der Waals surface area contributed by atoms with Crippen molar-refractivity contribution in [2.24, 2.45) is 0 Å². The number of anilines is 2. The molecule has 3 aromatic rings. The van der Waals surface area contributed by atoms with Gasteiger partial charge < -0.3 is 19.9 Å². The number of amides is 2. The molecular formula is C27H31N3O6. The van der Waals surface area contributed by atoms with Crippen molar-refractivity contribution in [1.29, 1.82) is 0 Å². The van der Waals surface area contributed by atoms with E-state index in [1.807, 2.05) is 45.0 Å². The molecule has 2 aromatic carbocycles. The Kier molecular flexibility index (Phi) is 8.63. The normalized spacial score (nSPS) is 11.5. The average Bonchev–Trinajstić information content (AvgIpc) is 2.86. The van der Waals surface area contributed by atoms with E-state index in [0.29, 0.717) is 41.5 Å². The molecule has 0 aliphatic heterocycles. The minimum Gasteiger partial charge on any atom is -0.481 e. The van der Waals surface area contributed by atoms with Crippen molar-refractivity contribution in [2.75, 3.05) is 31.2 Å². The summed E-state index contributed by atoms with van der Waals surface area (Å²) in [5.41, 5.74) is 1.62. The summed E-state index contributed by atoms with van der Waals surface area (Å²) in [5.74, 6) is 0.291. The number of pyridine rings is 1. The van der Waals surface area contributed by atoms with E-state index >= 15 is 0 Å². The molecule has 0 saturated carbocycles. The number of hydroxylamine groups is 1. The maximum atomic E-state index is 12.9. The first-order chi connectivity index (χ1) is 17.2. The van der Waals surface area contributed by atoms with Gasteiger partial charge in [0.15, 0.2) is 0 Å². The summed E-state index contributed by atoms with van der Waals surface area (Å²) >= 11 is 0. The molecule has 2 N–H and O–H groups in total. The van der Waals surface area contributed by atoms with Gasteiger partial charge in [-0.2, -0.15) is 10.0 Å². The highest BCUT2D eigenvalue weighted by molar-refractivity contribution is 6.08. The van der Waals surface area contributed by atoms with E-state index in [-0.39, 0.29) is 6.61 Å². The van der Waals surface area contributed by atoms with Gasteiger partial charge in [-0.25, -0.2) is 0 Å². The molecular weight excluding hydrogens is 462 g/mol. The van der Waals surface area contributed by atoms with Crippen LogP contribution < -0.4 is 19.9 Å². The summed E-state index contributed by atoms with van der Waals surface area (Å²) < 4.78 is 10.4. The van der Waals surface area contributed by atoms with Crippen LogP contribution in [-0.4, -0.2) is 48.8 Å².